The molecule has 11 nitrogen and oxygen atoms in total. The minimum Gasteiger partial charge on any atom is -0.480 e. The Hall–Kier alpha value is -1.52. The summed E-state index contributed by atoms with van der Waals surface area (Å²) in [5, 5.41) is 8.88. The molecule has 0 aromatic carbocycles. The average molecular weight is 778 g/mol. The van der Waals surface area contributed by atoms with Gasteiger partial charge in [0, 0.05) is 12.8 Å². The molecule has 0 amide bonds. The number of hydrogen-bond donors (Lipinski definition) is 3. The first-order valence-electron chi connectivity index (χ1n) is 21.6. The Bertz CT molecular complexity index is 921. The van der Waals surface area contributed by atoms with E-state index in [4.69, 9.17) is 24.8 Å². The van der Waals surface area contributed by atoms with Crippen molar-refractivity contribution in [2.45, 2.75) is 225 Å². The fourth-order valence-corrected chi connectivity index (χ4v) is 6.96. The molecule has 0 bridgehead atoms. The number of rotatable bonds is 41. The van der Waals surface area contributed by atoms with Crippen molar-refractivity contribution in [3.8, 4) is 0 Å². The highest BCUT2D eigenvalue weighted by Crippen LogP contribution is 2.43. The monoisotopic (exact) mass is 778 g/mol. The van der Waals surface area contributed by atoms with Crippen LogP contribution in [0.2, 0.25) is 0 Å². The van der Waals surface area contributed by atoms with E-state index in [1.165, 1.54) is 135 Å². The van der Waals surface area contributed by atoms with Gasteiger partial charge in [0.15, 0.2) is 6.10 Å². The Morgan fingerprint density at radius 1 is 0.509 bits per heavy atom. The van der Waals surface area contributed by atoms with Gasteiger partial charge in [-0.1, -0.05) is 187 Å². The first kappa shape index (κ1) is 51.5. The molecule has 0 aliphatic rings. The van der Waals surface area contributed by atoms with Crippen molar-refractivity contribution in [1.82, 2.24) is 0 Å². The Labute approximate surface area is 323 Å². The van der Waals surface area contributed by atoms with E-state index in [1.807, 2.05) is 0 Å². The van der Waals surface area contributed by atoms with Gasteiger partial charge in [-0.25, -0.2) is 4.57 Å². The summed E-state index contributed by atoms with van der Waals surface area (Å²) in [5.74, 6) is -2.36. The van der Waals surface area contributed by atoms with Crippen LogP contribution >= 0.6 is 7.82 Å². The second kappa shape index (κ2) is 37.4. The second-order valence-electron chi connectivity index (χ2n) is 14.8. The number of nitrogens with two attached hydrogens (primary N) is 1. The highest BCUT2D eigenvalue weighted by Gasteiger charge is 2.28. The summed E-state index contributed by atoms with van der Waals surface area (Å²) >= 11 is 0. The van der Waals surface area contributed by atoms with E-state index >= 15 is 0 Å². The number of esters is 2. The van der Waals surface area contributed by atoms with E-state index < -0.39 is 51.1 Å². The maximum atomic E-state index is 12.6. The first-order chi connectivity index (χ1) is 25.6. The Morgan fingerprint density at radius 3 is 1.19 bits per heavy atom. The lowest BCUT2D eigenvalue weighted by atomic mass is 10.0. The third-order valence-electron chi connectivity index (χ3n) is 9.61. The summed E-state index contributed by atoms with van der Waals surface area (Å²) in [6, 6.07) is -1.52. The molecule has 0 rings (SSSR count). The molecule has 1 unspecified atom stereocenters. The molecule has 0 radical (unpaired) electrons. The molecule has 0 saturated heterocycles. The van der Waals surface area contributed by atoms with E-state index in [2.05, 4.69) is 18.4 Å². The minimum atomic E-state index is -4.70. The molecule has 0 aliphatic carbocycles. The van der Waals surface area contributed by atoms with Crippen molar-refractivity contribution in [2.24, 2.45) is 5.73 Å². The van der Waals surface area contributed by atoms with Gasteiger partial charge in [-0.3, -0.25) is 23.4 Å². The molecule has 314 valence electrons. The number of carbonyl (C=O) groups is 3. The highest BCUT2D eigenvalue weighted by atomic mass is 31.2. The highest BCUT2D eigenvalue weighted by molar-refractivity contribution is 7.47. The van der Waals surface area contributed by atoms with Crippen molar-refractivity contribution in [1.29, 1.82) is 0 Å². The number of carboxylic acid groups (broad SMARTS) is 1. The predicted octanol–water partition coefficient (Wildman–Crippen LogP) is 11.1. The molecule has 0 aliphatic heterocycles. The number of ether oxygens (including phenoxy) is 2. The lowest BCUT2D eigenvalue weighted by molar-refractivity contribution is -0.161. The molecule has 12 heteroatoms. The molecule has 0 saturated carbocycles. The van der Waals surface area contributed by atoms with Gasteiger partial charge in [0.25, 0.3) is 0 Å². The average Bonchev–Trinajstić information content (AvgIpc) is 3.13. The topological polar surface area (TPSA) is 172 Å². The largest absolute Gasteiger partial charge is 0.480 e. The minimum absolute atomic E-state index is 0.169. The smallest absolute Gasteiger partial charge is 0.472 e. The van der Waals surface area contributed by atoms with Crippen LogP contribution in [-0.4, -0.2) is 59.9 Å². The standard InChI is InChI=1S/C41H80NO10P/c1-3-5-7-9-11-13-15-17-18-19-21-22-24-26-28-30-32-39(43)49-34-37(35-50-53(47,48)51-36-38(42)41(45)46)52-40(44)33-31-29-27-25-23-20-16-14-12-10-8-6-4-2/h37-38H,3-36,42H2,1-2H3,(H,45,46)(H,47,48)/t37-,38+/m1/s1. The van der Waals surface area contributed by atoms with Crippen LogP contribution in [0.3, 0.4) is 0 Å². The fraction of sp³-hybridized carbons (Fsp3) is 0.927. The number of phosphoric acid groups is 1. The van der Waals surface area contributed by atoms with Crippen molar-refractivity contribution in [2.75, 3.05) is 19.8 Å². The van der Waals surface area contributed by atoms with Crippen molar-refractivity contribution in [3.05, 3.63) is 0 Å². The third kappa shape index (κ3) is 37.2. The molecule has 3 atom stereocenters. The maximum absolute atomic E-state index is 12.6. The van der Waals surface area contributed by atoms with Gasteiger partial charge in [0.1, 0.15) is 12.6 Å². The van der Waals surface area contributed by atoms with Crippen LogP contribution in [0.4, 0.5) is 0 Å². The summed E-state index contributed by atoms with van der Waals surface area (Å²) < 4.78 is 32.7. The summed E-state index contributed by atoms with van der Waals surface area (Å²) in [7, 11) is -4.70. The number of carboxylic acids is 1. The van der Waals surface area contributed by atoms with Gasteiger partial charge in [0.05, 0.1) is 13.2 Å². The predicted molar refractivity (Wildman–Crippen MR) is 213 cm³/mol. The van der Waals surface area contributed by atoms with E-state index in [0.717, 1.165) is 38.5 Å². The SMILES string of the molecule is CCCCCCCCCCCCCCCCCCC(=O)OC[C@H](COP(=O)(O)OC[C@H](N)C(=O)O)OC(=O)CCCCCCCCCCCCCCC. The number of phosphoric ester groups is 1. The van der Waals surface area contributed by atoms with Gasteiger partial charge in [-0.15, -0.1) is 0 Å². The lowest BCUT2D eigenvalue weighted by Crippen LogP contribution is -2.34. The van der Waals surface area contributed by atoms with Crippen molar-refractivity contribution < 1.29 is 47.5 Å². The maximum Gasteiger partial charge on any atom is 0.472 e. The van der Waals surface area contributed by atoms with Gasteiger partial charge in [-0.05, 0) is 12.8 Å². The Morgan fingerprint density at radius 2 is 0.830 bits per heavy atom. The van der Waals surface area contributed by atoms with E-state index in [9.17, 15) is 23.8 Å². The van der Waals surface area contributed by atoms with Crippen LogP contribution in [0.5, 0.6) is 0 Å². The van der Waals surface area contributed by atoms with Crippen molar-refractivity contribution >= 4 is 25.7 Å². The van der Waals surface area contributed by atoms with Gasteiger partial charge < -0.3 is 25.2 Å². The molecule has 0 fully saturated rings. The Balaban J connectivity index is 4.31. The van der Waals surface area contributed by atoms with Crippen LogP contribution in [-0.2, 0) is 37.5 Å². The number of aliphatic carboxylic acids is 1. The van der Waals surface area contributed by atoms with Crippen LogP contribution in [0.15, 0.2) is 0 Å². The molecule has 0 heterocycles. The molecular weight excluding hydrogens is 697 g/mol. The second-order valence-corrected chi connectivity index (χ2v) is 16.3. The van der Waals surface area contributed by atoms with Crippen LogP contribution < -0.4 is 5.73 Å². The molecule has 0 aromatic heterocycles. The van der Waals surface area contributed by atoms with Gasteiger partial charge >= 0.3 is 25.7 Å². The molecule has 0 aromatic rings. The van der Waals surface area contributed by atoms with E-state index in [1.54, 1.807) is 0 Å². The molecular formula is C41H80NO10P. The molecule has 0 spiro atoms. The third-order valence-corrected chi connectivity index (χ3v) is 10.6. The van der Waals surface area contributed by atoms with Crippen molar-refractivity contribution in [3.63, 3.8) is 0 Å². The van der Waals surface area contributed by atoms with Crippen LogP contribution in [0, 0.1) is 0 Å². The summed E-state index contributed by atoms with van der Waals surface area (Å²) in [6.07, 6.45) is 34.5. The van der Waals surface area contributed by atoms with Crippen LogP contribution in [0.1, 0.15) is 213 Å². The zero-order valence-electron chi connectivity index (χ0n) is 33.9. The zero-order chi connectivity index (χ0) is 39.3. The Kier molecular flexibility index (Phi) is 36.3. The van der Waals surface area contributed by atoms with E-state index in [-0.39, 0.29) is 19.4 Å². The van der Waals surface area contributed by atoms with Gasteiger partial charge in [0.2, 0.25) is 0 Å². The van der Waals surface area contributed by atoms with Crippen LogP contribution in [0.25, 0.3) is 0 Å². The van der Waals surface area contributed by atoms with E-state index in [0.29, 0.717) is 12.8 Å². The summed E-state index contributed by atoms with van der Waals surface area (Å²) in [4.78, 5) is 45.9. The number of carbonyl (C=O) groups excluding carboxylic acids is 2. The normalized spacial score (nSPS) is 13.7. The summed E-state index contributed by atoms with van der Waals surface area (Å²) in [5.41, 5.74) is 5.33. The lowest BCUT2D eigenvalue weighted by Gasteiger charge is -2.20. The fourth-order valence-electron chi connectivity index (χ4n) is 6.18. The summed E-state index contributed by atoms with van der Waals surface area (Å²) in [6.45, 7) is 2.83. The molecule has 4 N–H and O–H groups in total. The number of unbranched alkanes of at least 4 members (excludes halogenated alkanes) is 27. The molecule has 53 heavy (non-hydrogen) atoms. The first-order valence-corrected chi connectivity index (χ1v) is 23.1. The number of hydrogen-bond acceptors (Lipinski definition) is 9. The quantitative estimate of drug-likeness (QED) is 0.0306. The van der Waals surface area contributed by atoms with Gasteiger partial charge in [-0.2, -0.15) is 0 Å². The zero-order valence-corrected chi connectivity index (χ0v) is 34.8.